The maximum absolute atomic E-state index is 12.2. The second kappa shape index (κ2) is 7.16. The van der Waals surface area contributed by atoms with Gasteiger partial charge in [-0.05, 0) is 42.4 Å². The van der Waals surface area contributed by atoms with Crippen molar-refractivity contribution in [2.75, 3.05) is 6.54 Å². The number of hydrogen-bond donors (Lipinski definition) is 2. The van der Waals surface area contributed by atoms with E-state index in [-0.39, 0.29) is 11.8 Å². The van der Waals surface area contributed by atoms with Crippen molar-refractivity contribution in [2.24, 2.45) is 17.8 Å². The summed E-state index contributed by atoms with van der Waals surface area (Å²) in [6.07, 6.45) is 8.47. The van der Waals surface area contributed by atoms with Crippen molar-refractivity contribution in [3.63, 3.8) is 0 Å². The molecule has 2 unspecified atom stereocenters. The molecule has 2 saturated carbocycles. The first-order chi connectivity index (χ1) is 11.1. The van der Waals surface area contributed by atoms with Gasteiger partial charge in [0.15, 0.2) is 0 Å². The summed E-state index contributed by atoms with van der Waals surface area (Å²) in [7, 11) is 0. The quantitative estimate of drug-likeness (QED) is 0.847. The molecule has 0 aromatic heterocycles. The second-order valence-electron chi connectivity index (χ2n) is 6.95. The molecule has 0 spiro atoms. The van der Waals surface area contributed by atoms with E-state index in [2.05, 4.69) is 5.32 Å². The molecule has 3 rings (SSSR count). The van der Waals surface area contributed by atoms with E-state index in [9.17, 15) is 9.59 Å². The summed E-state index contributed by atoms with van der Waals surface area (Å²) in [5, 5.41) is 11.9. The molecule has 2 atom stereocenters. The van der Waals surface area contributed by atoms with Crippen LogP contribution in [0.1, 0.15) is 54.4 Å². The Balaban J connectivity index is 1.39. The standard InChI is InChI=1S/C19H25NO3/c21-18(17-12-16(17)14-4-2-1-3-5-14)20-11-10-13-6-8-15(9-7-13)19(22)23/h6-9,14,16-17H,1-5,10-12H2,(H,20,21)(H,22,23). The van der Waals surface area contributed by atoms with Gasteiger partial charge in [0.1, 0.15) is 0 Å². The summed E-state index contributed by atoms with van der Waals surface area (Å²) in [5.41, 5.74) is 1.35. The Hall–Kier alpha value is -1.84. The van der Waals surface area contributed by atoms with Gasteiger partial charge in [0.2, 0.25) is 5.91 Å². The number of carbonyl (C=O) groups excluding carboxylic acids is 1. The van der Waals surface area contributed by atoms with E-state index in [1.807, 2.05) is 12.1 Å². The molecule has 124 valence electrons. The van der Waals surface area contributed by atoms with Crippen molar-refractivity contribution in [2.45, 2.75) is 44.9 Å². The lowest BCUT2D eigenvalue weighted by Gasteiger charge is -2.21. The zero-order valence-corrected chi connectivity index (χ0v) is 13.5. The molecular weight excluding hydrogens is 290 g/mol. The number of carbonyl (C=O) groups is 2. The molecule has 23 heavy (non-hydrogen) atoms. The number of nitrogens with one attached hydrogen (secondary N) is 1. The molecule has 0 heterocycles. The Morgan fingerprint density at radius 1 is 1.09 bits per heavy atom. The summed E-state index contributed by atoms with van der Waals surface area (Å²) >= 11 is 0. The minimum Gasteiger partial charge on any atom is -0.478 e. The van der Waals surface area contributed by atoms with Crippen LogP contribution < -0.4 is 5.32 Å². The van der Waals surface area contributed by atoms with E-state index in [0.29, 0.717) is 18.0 Å². The Morgan fingerprint density at radius 3 is 2.43 bits per heavy atom. The molecule has 1 aromatic rings. The van der Waals surface area contributed by atoms with Gasteiger partial charge in [-0.15, -0.1) is 0 Å². The first-order valence-electron chi connectivity index (χ1n) is 8.75. The fraction of sp³-hybridized carbons (Fsp3) is 0.579. The van der Waals surface area contributed by atoms with Crippen LogP contribution in [0.15, 0.2) is 24.3 Å². The molecule has 0 radical (unpaired) electrons. The normalized spacial score (nSPS) is 24.2. The molecule has 4 heteroatoms. The molecule has 0 saturated heterocycles. The summed E-state index contributed by atoms with van der Waals surface area (Å²) in [4.78, 5) is 23.0. The summed E-state index contributed by atoms with van der Waals surface area (Å²) in [5.74, 6) is 0.954. The largest absolute Gasteiger partial charge is 0.478 e. The third-order valence-electron chi connectivity index (χ3n) is 5.35. The molecule has 4 nitrogen and oxygen atoms in total. The molecule has 1 aromatic carbocycles. The van der Waals surface area contributed by atoms with Gasteiger partial charge >= 0.3 is 5.97 Å². The fourth-order valence-electron chi connectivity index (χ4n) is 3.87. The molecular formula is C19H25NO3. The Bertz CT molecular complexity index is 560. The zero-order chi connectivity index (χ0) is 16.2. The van der Waals surface area contributed by atoms with Crippen molar-refractivity contribution in [1.82, 2.24) is 5.32 Å². The monoisotopic (exact) mass is 315 g/mol. The molecule has 1 amide bonds. The maximum Gasteiger partial charge on any atom is 0.335 e. The molecule has 2 aliphatic carbocycles. The number of carboxylic acid groups (broad SMARTS) is 1. The molecule has 2 fully saturated rings. The van der Waals surface area contributed by atoms with Gasteiger partial charge in [-0.2, -0.15) is 0 Å². The van der Waals surface area contributed by atoms with E-state index in [1.165, 1.54) is 32.1 Å². The van der Waals surface area contributed by atoms with Gasteiger partial charge in [-0.3, -0.25) is 4.79 Å². The zero-order valence-electron chi connectivity index (χ0n) is 13.5. The highest BCUT2D eigenvalue weighted by Gasteiger charge is 2.47. The topological polar surface area (TPSA) is 66.4 Å². The van der Waals surface area contributed by atoms with Crippen LogP contribution >= 0.6 is 0 Å². The first kappa shape index (κ1) is 16.0. The predicted molar refractivity (Wildman–Crippen MR) is 88.3 cm³/mol. The predicted octanol–water partition coefficient (Wildman–Crippen LogP) is 3.26. The van der Waals surface area contributed by atoms with E-state index in [4.69, 9.17) is 5.11 Å². The lowest BCUT2D eigenvalue weighted by Crippen LogP contribution is -2.28. The van der Waals surface area contributed by atoms with Crippen molar-refractivity contribution < 1.29 is 14.7 Å². The van der Waals surface area contributed by atoms with E-state index in [1.54, 1.807) is 12.1 Å². The van der Waals surface area contributed by atoms with Gasteiger partial charge in [0.05, 0.1) is 5.56 Å². The van der Waals surface area contributed by atoms with E-state index < -0.39 is 5.97 Å². The van der Waals surface area contributed by atoms with Gasteiger partial charge in [0.25, 0.3) is 0 Å². The average molecular weight is 315 g/mol. The van der Waals surface area contributed by atoms with Gasteiger partial charge in [-0.25, -0.2) is 4.79 Å². The highest BCUT2D eigenvalue weighted by atomic mass is 16.4. The minimum absolute atomic E-state index is 0.211. The van der Waals surface area contributed by atoms with E-state index in [0.717, 1.165) is 24.3 Å². The summed E-state index contributed by atoms with van der Waals surface area (Å²) < 4.78 is 0. The summed E-state index contributed by atoms with van der Waals surface area (Å²) in [6.45, 7) is 0.624. The van der Waals surface area contributed by atoms with Crippen molar-refractivity contribution >= 4 is 11.9 Å². The van der Waals surface area contributed by atoms with Gasteiger partial charge in [-0.1, -0.05) is 44.2 Å². The Morgan fingerprint density at radius 2 is 1.78 bits per heavy atom. The van der Waals surface area contributed by atoms with Crippen LogP contribution in [0.3, 0.4) is 0 Å². The van der Waals surface area contributed by atoms with Crippen LogP contribution in [0.2, 0.25) is 0 Å². The molecule has 2 aliphatic rings. The third-order valence-corrected chi connectivity index (χ3v) is 5.35. The number of carboxylic acids is 1. The minimum atomic E-state index is -0.910. The van der Waals surface area contributed by atoms with Gasteiger partial charge in [0, 0.05) is 12.5 Å². The number of hydrogen-bond acceptors (Lipinski definition) is 2. The SMILES string of the molecule is O=C(O)c1ccc(CCNC(=O)C2CC2C2CCCCC2)cc1. The van der Waals surface area contributed by atoms with Crippen LogP contribution in [0, 0.1) is 17.8 Å². The molecule has 0 aliphatic heterocycles. The van der Waals surface area contributed by atoms with Crippen molar-refractivity contribution in [3.05, 3.63) is 35.4 Å². The van der Waals surface area contributed by atoms with Crippen LogP contribution in [0.4, 0.5) is 0 Å². The van der Waals surface area contributed by atoms with Crippen LogP contribution in [0.25, 0.3) is 0 Å². The Kier molecular flexibility index (Phi) is 4.99. The van der Waals surface area contributed by atoms with Crippen LogP contribution in [0.5, 0.6) is 0 Å². The lowest BCUT2D eigenvalue weighted by atomic mass is 9.85. The van der Waals surface area contributed by atoms with Crippen molar-refractivity contribution in [3.8, 4) is 0 Å². The van der Waals surface area contributed by atoms with E-state index >= 15 is 0 Å². The maximum atomic E-state index is 12.2. The number of aromatic carboxylic acids is 1. The highest BCUT2D eigenvalue weighted by molar-refractivity contribution is 5.87. The fourth-order valence-corrected chi connectivity index (χ4v) is 3.87. The average Bonchev–Trinajstić information content (AvgIpc) is 3.37. The molecule has 0 bridgehead atoms. The smallest absolute Gasteiger partial charge is 0.335 e. The van der Waals surface area contributed by atoms with Crippen molar-refractivity contribution in [1.29, 1.82) is 0 Å². The Labute approximate surface area is 137 Å². The number of benzene rings is 1. The highest BCUT2D eigenvalue weighted by Crippen LogP contribution is 2.49. The van der Waals surface area contributed by atoms with Crippen LogP contribution in [-0.4, -0.2) is 23.5 Å². The first-order valence-corrected chi connectivity index (χ1v) is 8.75. The van der Waals surface area contributed by atoms with Crippen LogP contribution in [-0.2, 0) is 11.2 Å². The number of amides is 1. The molecule has 2 N–H and O–H groups in total. The second-order valence-corrected chi connectivity index (χ2v) is 6.95. The van der Waals surface area contributed by atoms with Gasteiger partial charge < -0.3 is 10.4 Å². The summed E-state index contributed by atoms with van der Waals surface area (Å²) in [6, 6.07) is 6.86. The third kappa shape index (κ3) is 4.12. The number of rotatable bonds is 6. The lowest BCUT2D eigenvalue weighted by molar-refractivity contribution is -0.122.